The Kier molecular flexibility index (Phi) is 3.23. The van der Waals surface area contributed by atoms with E-state index in [1.807, 2.05) is 0 Å². The van der Waals surface area contributed by atoms with E-state index in [1.165, 1.54) is 30.3 Å². The molecule has 1 N–H and O–H groups in total. The molecule has 3 nitrogen and oxygen atoms in total. The van der Waals surface area contributed by atoms with Crippen molar-refractivity contribution in [2.75, 3.05) is 0 Å². The fourth-order valence-corrected chi connectivity index (χ4v) is 1.41. The van der Waals surface area contributed by atoms with Crippen LogP contribution in [0.5, 0.6) is 11.5 Å². The third kappa shape index (κ3) is 2.29. The van der Waals surface area contributed by atoms with Crippen LogP contribution < -0.4 is 4.74 Å². The van der Waals surface area contributed by atoms with E-state index < -0.39 is 17.6 Å². The maximum absolute atomic E-state index is 13.4. The number of hydrogen-bond acceptors (Lipinski definition) is 2. The average Bonchev–Trinajstić information content (AvgIpc) is 2.35. The Morgan fingerprint density at radius 2 is 1.67 bits per heavy atom. The van der Waals surface area contributed by atoms with Crippen molar-refractivity contribution < 1.29 is 23.4 Å². The summed E-state index contributed by atoms with van der Waals surface area (Å²) in [5.74, 6) is -3.82. The van der Waals surface area contributed by atoms with Crippen molar-refractivity contribution in [1.29, 1.82) is 0 Å². The van der Waals surface area contributed by atoms with Gasteiger partial charge in [0.2, 0.25) is 5.82 Å². The predicted molar refractivity (Wildman–Crippen MR) is 59.8 cm³/mol. The van der Waals surface area contributed by atoms with Crippen LogP contribution in [-0.4, -0.2) is 11.1 Å². The van der Waals surface area contributed by atoms with E-state index in [-0.39, 0.29) is 17.1 Å². The Morgan fingerprint density at radius 3 is 2.39 bits per heavy atom. The van der Waals surface area contributed by atoms with Crippen molar-refractivity contribution in [1.82, 2.24) is 0 Å². The molecule has 2 aromatic carbocycles. The Balaban J connectivity index is 2.40. The van der Waals surface area contributed by atoms with E-state index in [9.17, 15) is 13.6 Å². The zero-order valence-electron chi connectivity index (χ0n) is 9.06. The molecular weight excluding hydrogens is 242 g/mol. The number of para-hydroxylation sites is 1. The van der Waals surface area contributed by atoms with Crippen molar-refractivity contribution in [2.24, 2.45) is 0 Å². The summed E-state index contributed by atoms with van der Waals surface area (Å²) in [4.78, 5) is 10.9. The first kappa shape index (κ1) is 12.0. The molecule has 0 aliphatic heterocycles. The van der Waals surface area contributed by atoms with E-state index in [2.05, 4.69) is 0 Å². The summed E-state index contributed by atoms with van der Waals surface area (Å²) < 4.78 is 31.4. The first-order chi connectivity index (χ1) is 8.59. The summed E-state index contributed by atoms with van der Waals surface area (Å²) in [5.41, 5.74) is -0.124. The van der Waals surface area contributed by atoms with Crippen molar-refractivity contribution in [2.45, 2.75) is 0 Å². The number of hydrogen-bond donors (Lipinski definition) is 1. The summed E-state index contributed by atoms with van der Waals surface area (Å²) in [6, 6.07) is 9.18. The second kappa shape index (κ2) is 4.83. The molecule has 18 heavy (non-hydrogen) atoms. The Hall–Kier alpha value is -2.43. The largest absolute Gasteiger partial charge is 0.478 e. The molecule has 0 bridgehead atoms. The van der Waals surface area contributed by atoms with E-state index >= 15 is 0 Å². The lowest BCUT2D eigenvalue weighted by molar-refractivity contribution is 0.0694. The SMILES string of the molecule is O=C(O)c1ccccc1Oc1cccc(F)c1F. The molecule has 0 heterocycles. The Bertz CT molecular complexity index is 597. The molecule has 0 spiro atoms. The van der Waals surface area contributed by atoms with Gasteiger partial charge >= 0.3 is 5.97 Å². The third-order valence-electron chi connectivity index (χ3n) is 2.25. The summed E-state index contributed by atoms with van der Waals surface area (Å²) in [6.07, 6.45) is 0. The van der Waals surface area contributed by atoms with Gasteiger partial charge in [-0.2, -0.15) is 4.39 Å². The molecule has 2 aromatic rings. The zero-order valence-corrected chi connectivity index (χ0v) is 9.06. The highest BCUT2D eigenvalue weighted by Crippen LogP contribution is 2.28. The molecule has 0 aliphatic carbocycles. The van der Waals surface area contributed by atoms with Crippen molar-refractivity contribution in [3.63, 3.8) is 0 Å². The number of carboxylic acid groups (broad SMARTS) is 1. The summed E-state index contributed by atoms with van der Waals surface area (Å²) in [6.45, 7) is 0. The summed E-state index contributed by atoms with van der Waals surface area (Å²) in [5, 5.41) is 8.92. The standard InChI is InChI=1S/C13H8F2O3/c14-9-5-3-7-11(12(9)15)18-10-6-2-1-4-8(10)13(16)17/h1-7H,(H,16,17). The lowest BCUT2D eigenvalue weighted by atomic mass is 10.2. The van der Waals surface area contributed by atoms with Gasteiger partial charge in [-0.05, 0) is 24.3 Å². The number of rotatable bonds is 3. The van der Waals surface area contributed by atoms with Crippen molar-refractivity contribution in [3.8, 4) is 11.5 Å². The molecule has 92 valence electrons. The molecular formula is C13H8F2O3. The molecule has 0 saturated heterocycles. The van der Waals surface area contributed by atoms with Crippen LogP contribution in [0.25, 0.3) is 0 Å². The molecule has 0 amide bonds. The number of aromatic carboxylic acids is 1. The molecule has 0 atom stereocenters. The van der Waals surface area contributed by atoms with Gasteiger partial charge in [0.05, 0.1) is 0 Å². The minimum atomic E-state index is -1.21. The quantitative estimate of drug-likeness (QED) is 0.907. The van der Waals surface area contributed by atoms with Gasteiger partial charge in [0, 0.05) is 0 Å². The predicted octanol–water partition coefficient (Wildman–Crippen LogP) is 3.46. The van der Waals surface area contributed by atoms with Crippen LogP contribution >= 0.6 is 0 Å². The van der Waals surface area contributed by atoms with Crippen LogP contribution in [-0.2, 0) is 0 Å². The maximum atomic E-state index is 13.4. The molecule has 0 aromatic heterocycles. The first-order valence-corrected chi connectivity index (χ1v) is 5.04. The minimum Gasteiger partial charge on any atom is -0.478 e. The van der Waals surface area contributed by atoms with Gasteiger partial charge in [-0.1, -0.05) is 18.2 Å². The molecule has 0 saturated carbocycles. The Morgan fingerprint density at radius 1 is 1.00 bits per heavy atom. The zero-order chi connectivity index (χ0) is 13.1. The van der Waals surface area contributed by atoms with Crippen LogP contribution in [0.15, 0.2) is 42.5 Å². The fraction of sp³-hybridized carbons (Fsp3) is 0. The molecule has 0 fully saturated rings. The van der Waals surface area contributed by atoms with Gasteiger partial charge in [-0.3, -0.25) is 0 Å². The van der Waals surface area contributed by atoms with Gasteiger partial charge in [-0.15, -0.1) is 0 Å². The number of carbonyl (C=O) groups is 1. The maximum Gasteiger partial charge on any atom is 0.339 e. The van der Waals surface area contributed by atoms with Crippen LogP contribution in [0.3, 0.4) is 0 Å². The summed E-state index contributed by atoms with van der Waals surface area (Å²) in [7, 11) is 0. The highest BCUT2D eigenvalue weighted by molar-refractivity contribution is 5.90. The third-order valence-corrected chi connectivity index (χ3v) is 2.25. The van der Waals surface area contributed by atoms with Gasteiger partial charge < -0.3 is 9.84 Å². The van der Waals surface area contributed by atoms with E-state index in [0.29, 0.717) is 0 Å². The fourth-order valence-electron chi connectivity index (χ4n) is 1.41. The van der Waals surface area contributed by atoms with E-state index in [0.717, 1.165) is 6.07 Å². The molecule has 0 radical (unpaired) electrons. The van der Waals surface area contributed by atoms with Crippen LogP contribution in [0.4, 0.5) is 8.78 Å². The Labute approximate surface area is 101 Å². The minimum absolute atomic E-state index is 0.0468. The van der Waals surface area contributed by atoms with Crippen LogP contribution in [0, 0.1) is 11.6 Å². The average molecular weight is 250 g/mol. The molecule has 5 heteroatoms. The van der Waals surface area contributed by atoms with Crippen LogP contribution in [0.1, 0.15) is 10.4 Å². The topological polar surface area (TPSA) is 46.5 Å². The van der Waals surface area contributed by atoms with Gasteiger partial charge in [-0.25, -0.2) is 9.18 Å². The highest BCUT2D eigenvalue weighted by atomic mass is 19.2. The van der Waals surface area contributed by atoms with E-state index in [4.69, 9.17) is 9.84 Å². The highest BCUT2D eigenvalue weighted by Gasteiger charge is 2.14. The first-order valence-electron chi connectivity index (χ1n) is 5.04. The molecule has 0 unspecified atom stereocenters. The normalized spacial score (nSPS) is 10.1. The van der Waals surface area contributed by atoms with Gasteiger partial charge in [0.1, 0.15) is 11.3 Å². The number of halogens is 2. The monoisotopic (exact) mass is 250 g/mol. The van der Waals surface area contributed by atoms with Crippen molar-refractivity contribution >= 4 is 5.97 Å². The van der Waals surface area contributed by atoms with Gasteiger partial charge in [0.25, 0.3) is 0 Å². The van der Waals surface area contributed by atoms with Crippen molar-refractivity contribution in [3.05, 3.63) is 59.7 Å². The number of ether oxygens (including phenoxy) is 1. The molecule has 2 rings (SSSR count). The smallest absolute Gasteiger partial charge is 0.339 e. The number of carboxylic acids is 1. The lowest BCUT2D eigenvalue weighted by Crippen LogP contribution is -2.00. The van der Waals surface area contributed by atoms with Gasteiger partial charge in [0.15, 0.2) is 11.6 Å². The molecule has 0 aliphatic rings. The van der Waals surface area contributed by atoms with E-state index in [1.54, 1.807) is 6.07 Å². The second-order valence-corrected chi connectivity index (χ2v) is 3.46. The number of benzene rings is 2. The summed E-state index contributed by atoms with van der Waals surface area (Å²) >= 11 is 0. The second-order valence-electron chi connectivity index (χ2n) is 3.46. The van der Waals surface area contributed by atoms with Crippen LogP contribution in [0.2, 0.25) is 0 Å². The lowest BCUT2D eigenvalue weighted by Gasteiger charge is -2.09.